The molecule has 0 spiro atoms. The van der Waals surface area contributed by atoms with E-state index in [9.17, 15) is 0 Å². The van der Waals surface area contributed by atoms with Crippen LogP contribution in [0.5, 0.6) is 0 Å². The second-order valence-electron chi connectivity index (χ2n) is 5.38. The van der Waals surface area contributed by atoms with E-state index in [-0.39, 0.29) is 5.41 Å². The number of hydrogen-bond acceptors (Lipinski definition) is 2. The van der Waals surface area contributed by atoms with Crippen molar-refractivity contribution in [2.75, 3.05) is 19.8 Å². The molecule has 0 fully saturated rings. The Morgan fingerprint density at radius 2 is 2.05 bits per heavy atom. The summed E-state index contributed by atoms with van der Waals surface area (Å²) in [5.74, 6) is 0. The van der Waals surface area contributed by atoms with Gasteiger partial charge in [-0.15, -0.1) is 0 Å². The lowest BCUT2D eigenvalue weighted by molar-refractivity contribution is 0.103. The van der Waals surface area contributed by atoms with Gasteiger partial charge in [-0.1, -0.05) is 43.3 Å². The topological polar surface area (TPSA) is 21.3 Å². The van der Waals surface area contributed by atoms with E-state index >= 15 is 0 Å². The molecule has 0 heterocycles. The maximum Gasteiger partial charge on any atom is 0.0598 e. The van der Waals surface area contributed by atoms with Crippen LogP contribution in [0.15, 0.2) is 30.3 Å². The lowest BCUT2D eigenvalue weighted by Crippen LogP contribution is -2.37. The largest absolute Gasteiger partial charge is 0.380 e. The number of benzene rings is 1. The van der Waals surface area contributed by atoms with Gasteiger partial charge in [0.25, 0.3) is 0 Å². The zero-order valence-corrected chi connectivity index (χ0v) is 12.3. The fourth-order valence-corrected chi connectivity index (χ4v) is 3.05. The Morgan fingerprint density at radius 1 is 1.26 bits per heavy atom. The summed E-state index contributed by atoms with van der Waals surface area (Å²) in [6, 6.07) is 9.16. The Bertz CT molecular complexity index is 441. The molecule has 1 aromatic carbocycles. The highest BCUT2D eigenvalue weighted by Gasteiger charge is 2.36. The molecular formula is C17H25NO. The lowest BCUT2D eigenvalue weighted by atomic mass is 9.78. The Morgan fingerprint density at radius 3 is 2.79 bits per heavy atom. The van der Waals surface area contributed by atoms with Gasteiger partial charge >= 0.3 is 0 Å². The molecule has 0 saturated heterocycles. The molecule has 1 aliphatic rings. The van der Waals surface area contributed by atoms with Gasteiger partial charge in [0.2, 0.25) is 0 Å². The monoisotopic (exact) mass is 259 g/mol. The molecule has 0 aliphatic heterocycles. The van der Waals surface area contributed by atoms with Crippen molar-refractivity contribution in [2.24, 2.45) is 0 Å². The molecule has 0 saturated carbocycles. The predicted octanol–water partition coefficient (Wildman–Crippen LogP) is 3.38. The molecule has 0 radical (unpaired) electrons. The number of nitrogens with one attached hydrogen (secondary N) is 1. The van der Waals surface area contributed by atoms with Crippen molar-refractivity contribution < 1.29 is 4.74 Å². The third-order valence-corrected chi connectivity index (χ3v) is 3.87. The minimum Gasteiger partial charge on any atom is -0.380 e. The van der Waals surface area contributed by atoms with Crippen LogP contribution in [-0.4, -0.2) is 25.8 Å². The van der Waals surface area contributed by atoms with Crippen molar-refractivity contribution in [1.82, 2.24) is 5.32 Å². The molecule has 2 unspecified atom stereocenters. The average molecular weight is 259 g/mol. The van der Waals surface area contributed by atoms with Crippen LogP contribution in [0.1, 0.15) is 38.3 Å². The summed E-state index contributed by atoms with van der Waals surface area (Å²) in [6.45, 7) is 9.03. The van der Waals surface area contributed by atoms with Crippen LogP contribution in [0, 0.1) is 0 Å². The number of rotatable bonds is 7. The van der Waals surface area contributed by atoms with E-state index in [1.165, 1.54) is 11.1 Å². The zero-order chi connectivity index (χ0) is 13.7. The summed E-state index contributed by atoms with van der Waals surface area (Å²) >= 11 is 0. The fraction of sp³-hybridized carbons (Fsp3) is 0.529. The van der Waals surface area contributed by atoms with Gasteiger partial charge in [0.05, 0.1) is 6.61 Å². The van der Waals surface area contributed by atoms with Gasteiger partial charge in [-0.25, -0.2) is 0 Å². The second kappa shape index (κ2) is 6.36. The Hall–Kier alpha value is -1.12. The molecule has 0 bridgehead atoms. The highest BCUT2D eigenvalue weighted by molar-refractivity contribution is 5.65. The summed E-state index contributed by atoms with van der Waals surface area (Å²) in [7, 11) is 0. The van der Waals surface area contributed by atoms with Crippen LogP contribution in [0.2, 0.25) is 0 Å². The molecule has 2 heteroatoms. The SMILES string of the molecule is CCNC(C)CC1(COCC)C=Cc2ccccc21. The van der Waals surface area contributed by atoms with Gasteiger partial charge in [0, 0.05) is 18.1 Å². The first-order valence-corrected chi connectivity index (χ1v) is 7.31. The normalized spacial score (nSPS) is 22.5. The van der Waals surface area contributed by atoms with Gasteiger partial charge < -0.3 is 10.1 Å². The van der Waals surface area contributed by atoms with Crippen LogP contribution in [0.25, 0.3) is 6.08 Å². The maximum absolute atomic E-state index is 5.78. The van der Waals surface area contributed by atoms with Gasteiger partial charge in [0.1, 0.15) is 0 Å². The van der Waals surface area contributed by atoms with Gasteiger partial charge in [-0.2, -0.15) is 0 Å². The van der Waals surface area contributed by atoms with E-state index in [1.54, 1.807) is 0 Å². The highest BCUT2D eigenvalue weighted by Crippen LogP contribution is 2.39. The Kier molecular flexibility index (Phi) is 4.78. The summed E-state index contributed by atoms with van der Waals surface area (Å²) in [6.07, 6.45) is 5.66. The van der Waals surface area contributed by atoms with Crippen LogP contribution < -0.4 is 5.32 Å². The second-order valence-corrected chi connectivity index (χ2v) is 5.38. The minimum atomic E-state index is 0.0359. The van der Waals surface area contributed by atoms with Crippen molar-refractivity contribution in [1.29, 1.82) is 0 Å². The maximum atomic E-state index is 5.78. The number of ether oxygens (including phenoxy) is 1. The van der Waals surface area contributed by atoms with E-state index in [0.717, 1.165) is 26.2 Å². The summed E-state index contributed by atoms with van der Waals surface area (Å²) < 4.78 is 5.78. The molecule has 0 aromatic heterocycles. The van der Waals surface area contributed by atoms with Crippen molar-refractivity contribution in [3.05, 3.63) is 41.5 Å². The van der Waals surface area contributed by atoms with Gasteiger partial charge in [-0.05, 0) is 37.9 Å². The first kappa shape index (κ1) is 14.3. The van der Waals surface area contributed by atoms with Crippen LogP contribution in [0.4, 0.5) is 0 Å². The fourth-order valence-electron chi connectivity index (χ4n) is 3.05. The van der Waals surface area contributed by atoms with Crippen LogP contribution >= 0.6 is 0 Å². The van der Waals surface area contributed by atoms with Crippen molar-refractivity contribution in [3.63, 3.8) is 0 Å². The van der Waals surface area contributed by atoms with E-state index in [2.05, 4.69) is 62.5 Å². The molecule has 2 rings (SSSR count). The molecular weight excluding hydrogens is 234 g/mol. The first-order chi connectivity index (χ1) is 9.22. The zero-order valence-electron chi connectivity index (χ0n) is 12.3. The number of hydrogen-bond donors (Lipinski definition) is 1. The molecule has 1 N–H and O–H groups in total. The lowest BCUT2D eigenvalue weighted by Gasteiger charge is -2.32. The molecule has 0 amide bonds. The third kappa shape index (κ3) is 3.07. The third-order valence-electron chi connectivity index (χ3n) is 3.87. The quantitative estimate of drug-likeness (QED) is 0.810. The summed E-state index contributed by atoms with van der Waals surface area (Å²) in [4.78, 5) is 0. The molecule has 2 nitrogen and oxygen atoms in total. The Balaban J connectivity index is 2.24. The summed E-state index contributed by atoms with van der Waals surface area (Å²) in [5.41, 5.74) is 2.79. The van der Waals surface area contributed by atoms with E-state index in [4.69, 9.17) is 4.74 Å². The minimum absolute atomic E-state index is 0.0359. The predicted molar refractivity (Wildman–Crippen MR) is 81.4 cm³/mol. The molecule has 1 aliphatic carbocycles. The average Bonchev–Trinajstić information content (AvgIpc) is 2.77. The number of fused-ring (bicyclic) bond motifs is 1. The van der Waals surface area contributed by atoms with Crippen LogP contribution in [0.3, 0.4) is 0 Å². The first-order valence-electron chi connectivity index (χ1n) is 7.31. The van der Waals surface area contributed by atoms with E-state index < -0.39 is 0 Å². The van der Waals surface area contributed by atoms with E-state index in [1.807, 2.05) is 0 Å². The van der Waals surface area contributed by atoms with Gasteiger partial charge in [0.15, 0.2) is 0 Å². The molecule has 1 aromatic rings. The highest BCUT2D eigenvalue weighted by atomic mass is 16.5. The molecule has 104 valence electrons. The van der Waals surface area contributed by atoms with Crippen LogP contribution in [-0.2, 0) is 10.2 Å². The smallest absolute Gasteiger partial charge is 0.0598 e. The molecule has 2 atom stereocenters. The summed E-state index contributed by atoms with van der Waals surface area (Å²) in [5, 5.41) is 3.51. The molecule has 19 heavy (non-hydrogen) atoms. The standard InChI is InChI=1S/C17H25NO/c1-4-18-14(3)12-17(13-19-5-2)11-10-15-8-6-7-9-16(15)17/h6-11,14,18H,4-5,12-13H2,1-3H3. The van der Waals surface area contributed by atoms with E-state index in [0.29, 0.717) is 6.04 Å². The van der Waals surface area contributed by atoms with Crippen molar-refractivity contribution in [3.8, 4) is 0 Å². The van der Waals surface area contributed by atoms with Gasteiger partial charge in [-0.3, -0.25) is 0 Å². The Labute approximate surface area is 116 Å². The van der Waals surface area contributed by atoms with Crippen molar-refractivity contribution in [2.45, 2.75) is 38.6 Å². The van der Waals surface area contributed by atoms with Crippen molar-refractivity contribution >= 4 is 6.08 Å².